The van der Waals surface area contributed by atoms with Gasteiger partial charge in [0.15, 0.2) is 0 Å². The van der Waals surface area contributed by atoms with Crippen molar-refractivity contribution in [1.82, 2.24) is 5.32 Å². The van der Waals surface area contributed by atoms with Crippen LogP contribution in [-0.2, 0) is 11.2 Å². The monoisotopic (exact) mass is 354 g/mol. The van der Waals surface area contributed by atoms with Crippen molar-refractivity contribution in [3.05, 3.63) is 83.4 Å². The summed E-state index contributed by atoms with van der Waals surface area (Å²) in [4.78, 5) is 23.9. The summed E-state index contributed by atoms with van der Waals surface area (Å²) in [5, 5.41) is 4.48. The Morgan fingerprint density at radius 3 is 2.23 bits per heavy atom. The number of primary amides is 1. The van der Waals surface area contributed by atoms with E-state index in [1.807, 2.05) is 42.5 Å². The van der Waals surface area contributed by atoms with Gasteiger partial charge < -0.3 is 11.1 Å². The minimum atomic E-state index is -1.00. The maximum absolute atomic E-state index is 13.3. The summed E-state index contributed by atoms with van der Waals surface area (Å²) in [6.45, 7) is 0. The third-order valence-electron chi connectivity index (χ3n) is 4.03. The van der Waals surface area contributed by atoms with Crippen LogP contribution in [0.3, 0.4) is 0 Å². The molecular weight excluding hydrogens is 338 g/mol. The van der Waals surface area contributed by atoms with Crippen molar-refractivity contribution >= 4 is 22.6 Å². The number of hydrogen-bond acceptors (Lipinski definition) is 2. The van der Waals surface area contributed by atoms with E-state index in [9.17, 15) is 18.4 Å². The summed E-state index contributed by atoms with van der Waals surface area (Å²) < 4.78 is 26.5. The first-order valence-corrected chi connectivity index (χ1v) is 7.96. The van der Waals surface area contributed by atoms with Crippen LogP contribution >= 0.6 is 0 Å². The van der Waals surface area contributed by atoms with Crippen molar-refractivity contribution in [1.29, 1.82) is 0 Å². The SMILES string of the molecule is NC(=O)[C@H](Cc1ccc2ccccc2c1)NC(=O)c1cc(F)cc(F)c1. The molecule has 6 heteroatoms. The molecule has 3 N–H and O–H groups in total. The summed E-state index contributed by atoms with van der Waals surface area (Å²) in [5.41, 5.74) is 5.97. The number of nitrogens with two attached hydrogens (primary N) is 1. The number of fused-ring (bicyclic) bond motifs is 1. The maximum atomic E-state index is 13.3. The lowest BCUT2D eigenvalue weighted by atomic mass is 10.0. The van der Waals surface area contributed by atoms with Crippen LogP contribution in [0.15, 0.2) is 60.7 Å². The predicted octanol–water partition coefficient (Wildman–Crippen LogP) is 2.94. The fourth-order valence-corrected chi connectivity index (χ4v) is 2.75. The molecule has 2 amide bonds. The topological polar surface area (TPSA) is 72.2 Å². The zero-order valence-corrected chi connectivity index (χ0v) is 13.7. The Hall–Kier alpha value is -3.28. The van der Waals surface area contributed by atoms with Gasteiger partial charge in [-0.2, -0.15) is 0 Å². The molecule has 0 saturated carbocycles. The van der Waals surface area contributed by atoms with E-state index < -0.39 is 29.5 Å². The minimum absolute atomic E-state index is 0.170. The fraction of sp³-hybridized carbons (Fsp3) is 0.100. The van der Waals surface area contributed by atoms with Gasteiger partial charge in [0.2, 0.25) is 5.91 Å². The molecule has 0 aromatic heterocycles. The summed E-state index contributed by atoms with van der Waals surface area (Å²) >= 11 is 0. The summed E-state index contributed by atoms with van der Waals surface area (Å²) in [6.07, 6.45) is 0.170. The Bertz CT molecular complexity index is 968. The number of amides is 2. The zero-order chi connectivity index (χ0) is 18.7. The average Bonchev–Trinajstić information content (AvgIpc) is 2.60. The molecule has 26 heavy (non-hydrogen) atoms. The van der Waals surface area contributed by atoms with Gasteiger partial charge in [0.05, 0.1) is 0 Å². The molecule has 0 aliphatic rings. The highest BCUT2D eigenvalue weighted by Gasteiger charge is 2.20. The van der Waals surface area contributed by atoms with Gasteiger partial charge >= 0.3 is 0 Å². The highest BCUT2D eigenvalue weighted by molar-refractivity contribution is 5.97. The average molecular weight is 354 g/mol. The molecule has 0 aliphatic carbocycles. The summed E-state index contributed by atoms with van der Waals surface area (Å²) in [5.74, 6) is -3.25. The molecule has 1 atom stereocenters. The Labute approximate surface area is 148 Å². The van der Waals surface area contributed by atoms with E-state index in [1.54, 1.807) is 0 Å². The standard InChI is InChI=1S/C20H16F2N2O2/c21-16-9-15(10-17(22)11-16)20(26)24-18(19(23)25)8-12-5-6-13-3-1-2-4-14(13)7-12/h1-7,9-11,18H,8H2,(H2,23,25)(H,24,26)/t18-/m0/s1. The first-order chi connectivity index (χ1) is 12.4. The molecule has 0 radical (unpaired) electrons. The van der Waals surface area contributed by atoms with Crippen LogP contribution in [0.2, 0.25) is 0 Å². The number of benzene rings is 3. The van der Waals surface area contributed by atoms with Crippen molar-refractivity contribution in [2.45, 2.75) is 12.5 Å². The normalized spacial score (nSPS) is 11.9. The van der Waals surface area contributed by atoms with E-state index in [4.69, 9.17) is 5.73 Å². The van der Waals surface area contributed by atoms with Crippen LogP contribution in [0.5, 0.6) is 0 Å². The molecule has 132 valence electrons. The van der Waals surface area contributed by atoms with Crippen molar-refractivity contribution in [2.24, 2.45) is 5.73 Å². The molecule has 4 nitrogen and oxygen atoms in total. The zero-order valence-electron chi connectivity index (χ0n) is 13.7. The fourth-order valence-electron chi connectivity index (χ4n) is 2.75. The van der Waals surface area contributed by atoms with Gasteiger partial charge in [-0.15, -0.1) is 0 Å². The van der Waals surface area contributed by atoms with Gasteiger partial charge in [-0.1, -0.05) is 42.5 Å². The summed E-state index contributed by atoms with van der Waals surface area (Å²) in [7, 11) is 0. The van der Waals surface area contributed by atoms with Gasteiger partial charge in [0.1, 0.15) is 17.7 Å². The Morgan fingerprint density at radius 1 is 0.923 bits per heavy atom. The second-order valence-corrected chi connectivity index (χ2v) is 5.97. The van der Waals surface area contributed by atoms with Crippen LogP contribution < -0.4 is 11.1 Å². The lowest BCUT2D eigenvalue weighted by Gasteiger charge is -2.16. The summed E-state index contributed by atoms with van der Waals surface area (Å²) in [6, 6.07) is 14.8. The van der Waals surface area contributed by atoms with Gasteiger partial charge in [0, 0.05) is 18.1 Å². The number of hydrogen-bond donors (Lipinski definition) is 2. The van der Waals surface area contributed by atoms with Crippen molar-refractivity contribution in [3.63, 3.8) is 0 Å². The molecule has 3 aromatic rings. The minimum Gasteiger partial charge on any atom is -0.368 e. The molecule has 0 heterocycles. The largest absolute Gasteiger partial charge is 0.368 e. The molecule has 0 saturated heterocycles. The number of nitrogens with one attached hydrogen (secondary N) is 1. The molecule has 0 aliphatic heterocycles. The molecule has 0 fully saturated rings. The predicted molar refractivity (Wildman–Crippen MR) is 94.5 cm³/mol. The highest BCUT2D eigenvalue weighted by Crippen LogP contribution is 2.17. The quantitative estimate of drug-likeness (QED) is 0.739. The van der Waals surface area contributed by atoms with Crippen LogP contribution in [0, 0.1) is 11.6 Å². The third-order valence-corrected chi connectivity index (χ3v) is 4.03. The van der Waals surface area contributed by atoms with Crippen molar-refractivity contribution in [3.8, 4) is 0 Å². The lowest BCUT2D eigenvalue weighted by Crippen LogP contribution is -2.45. The van der Waals surface area contributed by atoms with Crippen LogP contribution in [0.1, 0.15) is 15.9 Å². The van der Waals surface area contributed by atoms with Gasteiger partial charge in [-0.05, 0) is 28.5 Å². The molecule has 0 spiro atoms. The van der Waals surface area contributed by atoms with Gasteiger partial charge in [0.25, 0.3) is 5.91 Å². The first kappa shape index (κ1) is 17.5. The Morgan fingerprint density at radius 2 is 1.58 bits per heavy atom. The molecule has 3 aromatic carbocycles. The Balaban J connectivity index is 1.80. The van der Waals surface area contributed by atoms with E-state index in [0.717, 1.165) is 28.5 Å². The second kappa shape index (κ2) is 7.31. The highest BCUT2D eigenvalue weighted by atomic mass is 19.1. The number of carbonyl (C=O) groups excluding carboxylic acids is 2. The molecular formula is C20H16F2N2O2. The second-order valence-electron chi connectivity index (χ2n) is 5.97. The van der Waals surface area contributed by atoms with Crippen molar-refractivity contribution < 1.29 is 18.4 Å². The van der Waals surface area contributed by atoms with E-state index in [1.165, 1.54) is 0 Å². The smallest absolute Gasteiger partial charge is 0.252 e. The lowest BCUT2D eigenvalue weighted by molar-refractivity contribution is -0.119. The van der Waals surface area contributed by atoms with Crippen LogP contribution in [0.4, 0.5) is 8.78 Å². The van der Waals surface area contributed by atoms with Crippen LogP contribution in [-0.4, -0.2) is 17.9 Å². The molecule has 0 unspecified atom stereocenters. The van der Waals surface area contributed by atoms with E-state index in [0.29, 0.717) is 6.07 Å². The number of halogens is 2. The first-order valence-electron chi connectivity index (χ1n) is 7.96. The van der Waals surface area contributed by atoms with Gasteiger partial charge in [-0.25, -0.2) is 8.78 Å². The third kappa shape index (κ3) is 4.03. The van der Waals surface area contributed by atoms with Crippen molar-refractivity contribution in [2.75, 3.05) is 0 Å². The Kier molecular flexibility index (Phi) is 4.93. The molecule has 0 bridgehead atoms. The number of carbonyl (C=O) groups is 2. The number of rotatable bonds is 5. The maximum Gasteiger partial charge on any atom is 0.252 e. The molecule has 3 rings (SSSR count). The van der Waals surface area contributed by atoms with Crippen LogP contribution in [0.25, 0.3) is 10.8 Å². The van der Waals surface area contributed by atoms with Gasteiger partial charge in [-0.3, -0.25) is 9.59 Å². The van der Waals surface area contributed by atoms with E-state index in [2.05, 4.69) is 5.32 Å². The van der Waals surface area contributed by atoms with E-state index in [-0.39, 0.29) is 12.0 Å². The van der Waals surface area contributed by atoms with E-state index >= 15 is 0 Å².